The lowest BCUT2D eigenvalue weighted by atomic mass is 10.1. The maximum absolute atomic E-state index is 12.7. The van der Waals surface area contributed by atoms with Crippen molar-refractivity contribution in [2.24, 2.45) is 0 Å². The van der Waals surface area contributed by atoms with Crippen LogP contribution in [0.4, 0.5) is 5.69 Å². The zero-order valence-corrected chi connectivity index (χ0v) is 18.1. The Morgan fingerprint density at radius 3 is 2.53 bits per heavy atom. The summed E-state index contributed by atoms with van der Waals surface area (Å²) < 4.78 is 1.55. The van der Waals surface area contributed by atoms with Crippen LogP contribution in [0.5, 0.6) is 0 Å². The van der Waals surface area contributed by atoms with Crippen LogP contribution in [-0.4, -0.2) is 19.4 Å². The lowest BCUT2D eigenvalue weighted by Gasteiger charge is -2.25. The highest BCUT2D eigenvalue weighted by Gasteiger charge is 2.13. The number of nitrogens with zero attached hydrogens (tertiary/aromatic N) is 3. The number of pyridine rings is 1. The molecule has 0 saturated carbocycles. The van der Waals surface area contributed by atoms with E-state index in [1.807, 2.05) is 61.5 Å². The number of aryl methyl sites for hydroxylation is 1. The summed E-state index contributed by atoms with van der Waals surface area (Å²) in [5.41, 5.74) is 5.31. The van der Waals surface area contributed by atoms with E-state index in [2.05, 4.69) is 14.9 Å². The molecule has 2 aromatic carbocycles. The smallest absolute Gasteiger partial charge is 0.323 e. The zero-order valence-electron chi connectivity index (χ0n) is 17.3. The minimum absolute atomic E-state index is 0.120. The normalized spacial score (nSPS) is 11.3. The molecule has 7 nitrogen and oxygen atoms in total. The Bertz CT molecular complexity index is 1550. The van der Waals surface area contributed by atoms with Gasteiger partial charge in [0.05, 0.1) is 23.3 Å². The third-order valence-corrected chi connectivity index (χ3v) is 5.62. The quantitative estimate of drug-likeness (QED) is 0.427. The van der Waals surface area contributed by atoms with Gasteiger partial charge in [0.2, 0.25) is 0 Å². The van der Waals surface area contributed by atoms with Crippen LogP contribution in [0, 0.1) is 6.92 Å². The third kappa shape index (κ3) is 4.02. The number of hydrogen-bond acceptors (Lipinski definition) is 4. The number of imidazole rings is 1. The van der Waals surface area contributed by atoms with Crippen LogP contribution < -0.4 is 16.1 Å². The Labute approximate surface area is 187 Å². The predicted molar refractivity (Wildman–Crippen MR) is 126 cm³/mol. The van der Waals surface area contributed by atoms with Gasteiger partial charge in [-0.2, -0.15) is 0 Å². The molecule has 0 aliphatic rings. The number of aromatic nitrogens is 4. The molecule has 0 amide bonds. The number of nitrogens with one attached hydrogen (secondary N) is 2. The number of anilines is 1. The van der Waals surface area contributed by atoms with Crippen LogP contribution >= 0.6 is 11.6 Å². The molecule has 32 heavy (non-hydrogen) atoms. The number of rotatable bonds is 5. The number of hydrogen-bond donors (Lipinski definition) is 2. The molecule has 8 heteroatoms. The molecular weight excluding hydrogens is 426 g/mol. The fraction of sp³-hybridized carbons (Fsp3) is 0.125. The van der Waals surface area contributed by atoms with E-state index < -0.39 is 0 Å². The lowest BCUT2D eigenvalue weighted by molar-refractivity contribution is 0.777. The summed E-state index contributed by atoms with van der Waals surface area (Å²) in [7, 11) is 0. The number of benzene rings is 2. The summed E-state index contributed by atoms with van der Waals surface area (Å²) in [6.07, 6.45) is 1.79. The van der Waals surface area contributed by atoms with Crippen LogP contribution in [-0.2, 0) is 13.1 Å². The highest BCUT2D eigenvalue weighted by Crippen LogP contribution is 2.23. The van der Waals surface area contributed by atoms with E-state index >= 15 is 0 Å². The van der Waals surface area contributed by atoms with Gasteiger partial charge in [0.25, 0.3) is 5.56 Å². The van der Waals surface area contributed by atoms with Crippen molar-refractivity contribution in [1.82, 2.24) is 19.4 Å². The topological polar surface area (TPSA) is 86.3 Å². The first-order valence-electron chi connectivity index (χ1n) is 10.1. The molecule has 5 aromatic rings. The lowest BCUT2D eigenvalue weighted by Crippen LogP contribution is -2.25. The molecule has 0 spiro atoms. The van der Waals surface area contributed by atoms with Gasteiger partial charge in [-0.1, -0.05) is 29.8 Å². The van der Waals surface area contributed by atoms with Gasteiger partial charge in [-0.3, -0.25) is 9.20 Å². The summed E-state index contributed by atoms with van der Waals surface area (Å²) in [5.74, 6) is 0. The maximum atomic E-state index is 12.7. The standard InChI is InChI=1S/C24H20ClN5O2/c1-15-2-9-22-26-18(10-23(31)30(22)12-15)14-29(13-16-3-5-17(25)6-4-16)19-7-8-20-21(11-19)28-24(32)27-20/h2-12H,13-14H2,1H3,(H2,27,28,32). The highest BCUT2D eigenvalue weighted by atomic mass is 35.5. The van der Waals surface area contributed by atoms with Gasteiger partial charge in [-0.05, 0) is 54.4 Å². The van der Waals surface area contributed by atoms with Crippen molar-refractivity contribution in [2.45, 2.75) is 20.0 Å². The third-order valence-electron chi connectivity index (χ3n) is 5.36. The molecule has 3 heterocycles. The van der Waals surface area contributed by atoms with Gasteiger partial charge in [0.1, 0.15) is 5.65 Å². The van der Waals surface area contributed by atoms with E-state index in [9.17, 15) is 9.59 Å². The van der Waals surface area contributed by atoms with Crippen molar-refractivity contribution >= 4 is 34.0 Å². The summed E-state index contributed by atoms with van der Waals surface area (Å²) in [5, 5.41) is 0.672. The number of H-pyrrole nitrogens is 2. The van der Waals surface area contributed by atoms with Gasteiger partial charge >= 0.3 is 5.69 Å². The Balaban J connectivity index is 1.56. The molecule has 0 fully saturated rings. The van der Waals surface area contributed by atoms with E-state index in [4.69, 9.17) is 16.6 Å². The second kappa shape index (κ2) is 8.01. The molecule has 0 atom stereocenters. The van der Waals surface area contributed by atoms with Crippen molar-refractivity contribution in [1.29, 1.82) is 0 Å². The molecular formula is C24H20ClN5O2. The largest absolute Gasteiger partial charge is 0.361 e. The first-order valence-corrected chi connectivity index (χ1v) is 10.5. The highest BCUT2D eigenvalue weighted by molar-refractivity contribution is 6.30. The van der Waals surface area contributed by atoms with E-state index in [1.54, 1.807) is 16.7 Å². The molecule has 0 aliphatic carbocycles. The molecule has 5 rings (SSSR count). The monoisotopic (exact) mass is 445 g/mol. The first-order chi connectivity index (χ1) is 15.4. The number of aromatic amines is 2. The molecule has 0 aliphatic heterocycles. The average molecular weight is 446 g/mol. The maximum Gasteiger partial charge on any atom is 0.323 e. The van der Waals surface area contributed by atoms with Crippen LogP contribution in [0.25, 0.3) is 16.7 Å². The second-order valence-electron chi connectivity index (χ2n) is 7.81. The van der Waals surface area contributed by atoms with Gasteiger partial charge in [0, 0.05) is 29.5 Å². The van der Waals surface area contributed by atoms with Gasteiger partial charge in [-0.25, -0.2) is 9.78 Å². The SMILES string of the molecule is Cc1ccc2nc(CN(Cc3ccc(Cl)cc3)c3ccc4[nH]c(=O)[nH]c4c3)cc(=O)n2c1. The van der Waals surface area contributed by atoms with E-state index in [1.165, 1.54) is 0 Å². The molecule has 0 saturated heterocycles. The van der Waals surface area contributed by atoms with Gasteiger partial charge < -0.3 is 14.9 Å². The Hall–Kier alpha value is -3.84. The molecule has 0 unspecified atom stereocenters. The van der Waals surface area contributed by atoms with Crippen molar-refractivity contribution in [2.75, 3.05) is 4.90 Å². The van der Waals surface area contributed by atoms with E-state index in [0.717, 1.165) is 27.8 Å². The van der Waals surface area contributed by atoms with Crippen LogP contribution in [0.3, 0.4) is 0 Å². The van der Waals surface area contributed by atoms with Gasteiger partial charge in [-0.15, -0.1) is 0 Å². The fourth-order valence-electron chi connectivity index (χ4n) is 3.80. The summed E-state index contributed by atoms with van der Waals surface area (Å²) >= 11 is 6.05. The van der Waals surface area contributed by atoms with Crippen molar-refractivity contribution < 1.29 is 0 Å². The minimum Gasteiger partial charge on any atom is -0.361 e. The fourth-order valence-corrected chi connectivity index (χ4v) is 3.93. The number of fused-ring (bicyclic) bond motifs is 2. The first kappa shape index (κ1) is 20.1. The van der Waals surface area contributed by atoms with E-state index in [0.29, 0.717) is 29.5 Å². The average Bonchev–Trinajstić information content (AvgIpc) is 3.14. The van der Waals surface area contributed by atoms with Crippen molar-refractivity contribution in [3.63, 3.8) is 0 Å². The molecule has 0 bridgehead atoms. The Kier molecular flexibility index (Phi) is 5.03. The van der Waals surface area contributed by atoms with Crippen molar-refractivity contribution in [3.8, 4) is 0 Å². The summed E-state index contributed by atoms with van der Waals surface area (Å²) in [6.45, 7) is 2.93. The second-order valence-corrected chi connectivity index (χ2v) is 8.25. The molecule has 3 aromatic heterocycles. The zero-order chi connectivity index (χ0) is 22.2. The number of halogens is 1. The van der Waals surface area contributed by atoms with E-state index in [-0.39, 0.29) is 11.2 Å². The summed E-state index contributed by atoms with van der Waals surface area (Å²) in [6, 6.07) is 18.7. The van der Waals surface area contributed by atoms with Crippen LogP contribution in [0.15, 0.2) is 76.4 Å². The van der Waals surface area contributed by atoms with Crippen molar-refractivity contribution in [3.05, 3.63) is 110 Å². The minimum atomic E-state index is -0.249. The molecule has 2 N–H and O–H groups in total. The molecule has 0 radical (unpaired) electrons. The Morgan fingerprint density at radius 2 is 1.72 bits per heavy atom. The van der Waals surface area contributed by atoms with Crippen LogP contribution in [0.1, 0.15) is 16.8 Å². The van der Waals surface area contributed by atoms with Crippen LogP contribution in [0.2, 0.25) is 5.02 Å². The predicted octanol–water partition coefficient (Wildman–Crippen LogP) is 4.03. The molecule has 160 valence electrons. The summed E-state index contributed by atoms with van der Waals surface area (Å²) in [4.78, 5) is 36.8. The van der Waals surface area contributed by atoms with Gasteiger partial charge in [0.15, 0.2) is 0 Å². The Morgan fingerprint density at radius 1 is 0.938 bits per heavy atom.